The molecule has 2 aromatic carbocycles. The molecule has 0 unspecified atom stereocenters. The number of imide groups is 2. The summed E-state index contributed by atoms with van der Waals surface area (Å²) in [6.45, 7) is 8.03. The molecule has 0 aliphatic carbocycles. The molecule has 0 saturated carbocycles. The average molecular weight is 413 g/mol. The number of anilines is 1. The maximum atomic E-state index is 13.1. The number of carbonyl (C=O) groups is 3. The number of aromatic nitrogens is 1. The second-order valence-corrected chi connectivity index (χ2v) is 7.80. The Morgan fingerprint density at radius 3 is 2.10 bits per heavy atom. The standard InChI is InChI=1S/C25H23N3O3/c1-15-10-16(2)12-21(11-15)27-17(3)13-19(18(27)4)14-22-23(29)26-25(31)28(24(22)30)20-8-6-5-7-9-20/h5-14H,1-4H3,(H,26,29,31)/b22-14+. The predicted molar refractivity (Wildman–Crippen MR) is 120 cm³/mol. The van der Waals surface area contributed by atoms with Crippen LogP contribution in [0, 0.1) is 27.7 Å². The van der Waals surface area contributed by atoms with E-state index >= 15 is 0 Å². The number of amides is 4. The van der Waals surface area contributed by atoms with E-state index in [9.17, 15) is 14.4 Å². The third-order valence-electron chi connectivity index (χ3n) is 5.35. The fourth-order valence-corrected chi connectivity index (χ4v) is 4.04. The second-order valence-electron chi connectivity index (χ2n) is 7.80. The monoisotopic (exact) mass is 413 g/mol. The summed E-state index contributed by atoms with van der Waals surface area (Å²) in [7, 11) is 0. The van der Waals surface area contributed by atoms with Gasteiger partial charge < -0.3 is 4.57 Å². The van der Waals surface area contributed by atoms with Gasteiger partial charge in [-0.05, 0) is 80.8 Å². The molecule has 0 radical (unpaired) electrons. The average Bonchev–Trinajstić information content (AvgIpc) is 2.98. The van der Waals surface area contributed by atoms with Crippen molar-refractivity contribution in [2.75, 3.05) is 4.90 Å². The van der Waals surface area contributed by atoms with E-state index in [1.807, 2.05) is 33.8 Å². The van der Waals surface area contributed by atoms with Crippen molar-refractivity contribution in [3.63, 3.8) is 0 Å². The second kappa shape index (κ2) is 7.72. The van der Waals surface area contributed by atoms with E-state index in [4.69, 9.17) is 0 Å². The van der Waals surface area contributed by atoms with Crippen molar-refractivity contribution >= 4 is 29.6 Å². The van der Waals surface area contributed by atoms with E-state index in [-0.39, 0.29) is 5.57 Å². The third kappa shape index (κ3) is 3.68. The summed E-state index contributed by atoms with van der Waals surface area (Å²) in [5, 5.41) is 2.27. The van der Waals surface area contributed by atoms with Crippen LogP contribution < -0.4 is 10.2 Å². The summed E-state index contributed by atoms with van der Waals surface area (Å²) in [6.07, 6.45) is 1.56. The fraction of sp³-hybridized carbons (Fsp3) is 0.160. The lowest BCUT2D eigenvalue weighted by Crippen LogP contribution is -2.54. The van der Waals surface area contributed by atoms with Crippen LogP contribution in [-0.2, 0) is 9.59 Å². The van der Waals surface area contributed by atoms with E-state index in [1.165, 1.54) is 0 Å². The topological polar surface area (TPSA) is 71.4 Å². The van der Waals surface area contributed by atoms with Gasteiger partial charge in [-0.1, -0.05) is 24.3 Å². The maximum absolute atomic E-state index is 13.1. The molecule has 6 heteroatoms. The van der Waals surface area contributed by atoms with Gasteiger partial charge in [0.15, 0.2) is 0 Å². The van der Waals surface area contributed by atoms with Crippen LogP contribution in [0.4, 0.5) is 10.5 Å². The number of carbonyl (C=O) groups excluding carboxylic acids is 3. The summed E-state index contributed by atoms with van der Waals surface area (Å²) in [5.74, 6) is -1.34. The van der Waals surface area contributed by atoms with Crippen molar-refractivity contribution in [3.8, 4) is 5.69 Å². The van der Waals surface area contributed by atoms with Crippen LogP contribution in [0.5, 0.6) is 0 Å². The molecule has 1 N–H and O–H groups in total. The minimum absolute atomic E-state index is 0.0795. The zero-order valence-corrected chi connectivity index (χ0v) is 17.9. The van der Waals surface area contributed by atoms with E-state index in [0.29, 0.717) is 5.69 Å². The molecule has 0 bridgehead atoms. The van der Waals surface area contributed by atoms with Crippen LogP contribution in [0.15, 0.2) is 60.2 Å². The van der Waals surface area contributed by atoms with Crippen molar-refractivity contribution in [1.29, 1.82) is 0 Å². The Kier molecular flexibility index (Phi) is 5.07. The maximum Gasteiger partial charge on any atom is 0.335 e. The molecule has 4 amide bonds. The van der Waals surface area contributed by atoms with Crippen LogP contribution >= 0.6 is 0 Å². The Bertz CT molecular complexity index is 1230. The number of para-hydroxylation sites is 1. The number of barbiturate groups is 1. The Hall–Kier alpha value is -3.93. The third-order valence-corrected chi connectivity index (χ3v) is 5.35. The number of aryl methyl sites for hydroxylation is 3. The molecule has 1 fully saturated rings. The van der Waals surface area contributed by atoms with Crippen LogP contribution in [-0.4, -0.2) is 22.4 Å². The first-order valence-electron chi connectivity index (χ1n) is 10.0. The van der Waals surface area contributed by atoms with Crippen molar-refractivity contribution < 1.29 is 14.4 Å². The van der Waals surface area contributed by atoms with Gasteiger partial charge in [-0.25, -0.2) is 9.69 Å². The van der Waals surface area contributed by atoms with Crippen LogP contribution in [0.25, 0.3) is 11.8 Å². The molecule has 1 aromatic heterocycles. The number of urea groups is 1. The van der Waals surface area contributed by atoms with Crippen LogP contribution in [0.1, 0.15) is 28.1 Å². The Morgan fingerprint density at radius 2 is 1.45 bits per heavy atom. The smallest absolute Gasteiger partial charge is 0.318 e. The quantitative estimate of drug-likeness (QED) is 0.512. The lowest BCUT2D eigenvalue weighted by atomic mass is 10.1. The molecule has 2 heterocycles. The van der Waals surface area contributed by atoms with E-state index < -0.39 is 17.8 Å². The number of hydrogen-bond acceptors (Lipinski definition) is 3. The molecule has 0 atom stereocenters. The van der Waals surface area contributed by atoms with Gasteiger partial charge in [-0.3, -0.25) is 14.9 Å². The number of benzene rings is 2. The first-order valence-corrected chi connectivity index (χ1v) is 10.0. The largest absolute Gasteiger partial charge is 0.335 e. The molecule has 31 heavy (non-hydrogen) atoms. The number of hydrogen-bond donors (Lipinski definition) is 1. The lowest BCUT2D eigenvalue weighted by molar-refractivity contribution is -0.122. The molecule has 6 nitrogen and oxygen atoms in total. The highest BCUT2D eigenvalue weighted by molar-refractivity contribution is 6.39. The predicted octanol–water partition coefficient (Wildman–Crippen LogP) is 4.38. The zero-order valence-electron chi connectivity index (χ0n) is 17.9. The molecule has 3 aromatic rings. The summed E-state index contributed by atoms with van der Waals surface area (Å²) in [4.78, 5) is 38.9. The van der Waals surface area contributed by atoms with Crippen LogP contribution in [0.2, 0.25) is 0 Å². The van der Waals surface area contributed by atoms with Gasteiger partial charge in [0, 0.05) is 17.1 Å². The highest BCUT2D eigenvalue weighted by Crippen LogP contribution is 2.26. The minimum atomic E-state index is -0.751. The molecular weight excluding hydrogens is 390 g/mol. The first kappa shape index (κ1) is 20.3. The molecule has 156 valence electrons. The van der Waals surface area contributed by atoms with Crippen molar-refractivity contribution in [2.45, 2.75) is 27.7 Å². The highest BCUT2D eigenvalue weighted by Gasteiger charge is 2.36. The first-order chi connectivity index (χ1) is 14.8. The molecule has 1 saturated heterocycles. The van der Waals surface area contributed by atoms with Crippen molar-refractivity contribution in [2.24, 2.45) is 0 Å². The minimum Gasteiger partial charge on any atom is -0.318 e. The lowest BCUT2D eigenvalue weighted by Gasteiger charge is -2.26. The summed E-state index contributed by atoms with van der Waals surface area (Å²) < 4.78 is 2.09. The van der Waals surface area contributed by atoms with Gasteiger partial charge in [-0.15, -0.1) is 0 Å². The fourth-order valence-electron chi connectivity index (χ4n) is 4.04. The molecule has 1 aliphatic heterocycles. The molecule has 4 rings (SSSR count). The normalized spacial score (nSPS) is 15.5. The number of nitrogens with zero attached hydrogens (tertiary/aromatic N) is 2. The SMILES string of the molecule is Cc1cc(C)cc(-n2c(C)cc(/C=C3\C(=O)NC(=O)N(c4ccccc4)C3=O)c2C)c1. The van der Waals surface area contributed by atoms with E-state index in [0.717, 1.165) is 38.7 Å². The van der Waals surface area contributed by atoms with Crippen LogP contribution in [0.3, 0.4) is 0 Å². The Labute approximate surface area is 180 Å². The number of nitrogens with one attached hydrogen (secondary N) is 1. The van der Waals surface area contributed by atoms with Gasteiger partial charge in [0.05, 0.1) is 5.69 Å². The molecule has 0 spiro atoms. The van der Waals surface area contributed by atoms with Gasteiger partial charge in [-0.2, -0.15) is 0 Å². The Balaban J connectivity index is 1.78. The molecule has 1 aliphatic rings. The summed E-state index contributed by atoms with van der Waals surface area (Å²) in [5.41, 5.74) is 6.29. The van der Waals surface area contributed by atoms with Crippen molar-refractivity contribution in [1.82, 2.24) is 9.88 Å². The zero-order chi connectivity index (χ0) is 22.3. The van der Waals surface area contributed by atoms with Crippen molar-refractivity contribution in [3.05, 3.63) is 88.2 Å². The highest BCUT2D eigenvalue weighted by atomic mass is 16.2. The van der Waals surface area contributed by atoms with Gasteiger partial charge >= 0.3 is 6.03 Å². The van der Waals surface area contributed by atoms with Gasteiger partial charge in [0.2, 0.25) is 0 Å². The molecular formula is C25H23N3O3. The Morgan fingerprint density at radius 1 is 0.806 bits per heavy atom. The summed E-state index contributed by atoms with van der Waals surface area (Å²) in [6, 6.07) is 16.0. The van der Waals surface area contributed by atoms with E-state index in [1.54, 1.807) is 36.4 Å². The van der Waals surface area contributed by atoms with Gasteiger partial charge in [0.1, 0.15) is 5.57 Å². The summed E-state index contributed by atoms with van der Waals surface area (Å²) >= 11 is 0. The van der Waals surface area contributed by atoms with Gasteiger partial charge in [0.25, 0.3) is 11.8 Å². The number of rotatable bonds is 3. The van der Waals surface area contributed by atoms with E-state index in [2.05, 4.69) is 28.1 Å².